The van der Waals surface area contributed by atoms with Crippen LogP contribution in [0.4, 0.5) is 0 Å². The smallest absolute Gasteiger partial charge is 0.137 e. The van der Waals surface area contributed by atoms with Crippen LogP contribution < -0.4 is 10.5 Å². The standard InChI is InChI=1S/C12H18N2O/c1-11(2,12(13)4-5-12)9-6-10(15-3)8-14-7-9/h6-8H,4-5,13H2,1-3H3. The average molecular weight is 206 g/mol. The molecule has 82 valence electrons. The van der Waals surface area contributed by atoms with Crippen molar-refractivity contribution in [3.05, 3.63) is 24.0 Å². The van der Waals surface area contributed by atoms with E-state index in [0.29, 0.717) is 0 Å². The number of nitrogens with two attached hydrogens (primary N) is 1. The van der Waals surface area contributed by atoms with Crippen molar-refractivity contribution in [3.8, 4) is 5.75 Å². The Balaban J connectivity index is 2.36. The largest absolute Gasteiger partial charge is 0.495 e. The molecular weight excluding hydrogens is 188 g/mol. The van der Waals surface area contributed by atoms with Gasteiger partial charge < -0.3 is 10.5 Å². The SMILES string of the molecule is COc1cncc(C(C)(C)C2(N)CC2)c1. The molecule has 0 saturated heterocycles. The van der Waals surface area contributed by atoms with Gasteiger partial charge in [-0.05, 0) is 24.5 Å². The molecule has 15 heavy (non-hydrogen) atoms. The summed E-state index contributed by atoms with van der Waals surface area (Å²) in [6, 6.07) is 2.03. The van der Waals surface area contributed by atoms with Gasteiger partial charge in [0.05, 0.1) is 13.3 Å². The third kappa shape index (κ3) is 1.61. The van der Waals surface area contributed by atoms with Crippen LogP contribution in [0.2, 0.25) is 0 Å². The Morgan fingerprint density at radius 1 is 1.40 bits per heavy atom. The molecule has 1 saturated carbocycles. The van der Waals surface area contributed by atoms with Gasteiger partial charge in [-0.3, -0.25) is 4.98 Å². The number of pyridine rings is 1. The van der Waals surface area contributed by atoms with E-state index >= 15 is 0 Å². The number of hydrogen-bond acceptors (Lipinski definition) is 3. The molecule has 1 heterocycles. The number of aromatic nitrogens is 1. The summed E-state index contributed by atoms with van der Waals surface area (Å²) in [6.45, 7) is 4.35. The molecule has 1 aliphatic carbocycles. The van der Waals surface area contributed by atoms with Crippen molar-refractivity contribution in [1.29, 1.82) is 0 Å². The lowest BCUT2D eigenvalue weighted by atomic mass is 9.76. The molecule has 0 atom stereocenters. The van der Waals surface area contributed by atoms with Crippen LogP contribution in [-0.4, -0.2) is 17.6 Å². The Morgan fingerprint density at radius 2 is 2.07 bits per heavy atom. The molecule has 0 amide bonds. The molecule has 1 aromatic rings. The van der Waals surface area contributed by atoms with E-state index in [9.17, 15) is 0 Å². The summed E-state index contributed by atoms with van der Waals surface area (Å²) < 4.78 is 5.18. The van der Waals surface area contributed by atoms with Crippen molar-refractivity contribution in [3.63, 3.8) is 0 Å². The molecule has 0 spiro atoms. The highest BCUT2D eigenvalue weighted by atomic mass is 16.5. The molecule has 1 aromatic heterocycles. The number of nitrogens with zero attached hydrogens (tertiary/aromatic N) is 1. The van der Waals surface area contributed by atoms with Crippen molar-refractivity contribution in [1.82, 2.24) is 4.98 Å². The van der Waals surface area contributed by atoms with Crippen molar-refractivity contribution in [2.75, 3.05) is 7.11 Å². The van der Waals surface area contributed by atoms with E-state index in [4.69, 9.17) is 10.5 Å². The molecule has 3 heteroatoms. The second kappa shape index (κ2) is 3.20. The first-order chi connectivity index (χ1) is 6.99. The van der Waals surface area contributed by atoms with Crippen molar-refractivity contribution < 1.29 is 4.74 Å². The summed E-state index contributed by atoms with van der Waals surface area (Å²) in [7, 11) is 1.66. The lowest BCUT2D eigenvalue weighted by molar-refractivity contribution is 0.381. The van der Waals surface area contributed by atoms with Crippen LogP contribution in [0.15, 0.2) is 18.5 Å². The molecule has 1 fully saturated rings. The maximum Gasteiger partial charge on any atom is 0.137 e. The van der Waals surface area contributed by atoms with Crippen LogP contribution in [0.1, 0.15) is 32.3 Å². The Labute approximate surface area is 90.7 Å². The quantitative estimate of drug-likeness (QED) is 0.821. The molecule has 0 unspecified atom stereocenters. The highest BCUT2D eigenvalue weighted by Crippen LogP contribution is 2.49. The zero-order valence-electron chi connectivity index (χ0n) is 9.58. The first-order valence-corrected chi connectivity index (χ1v) is 5.28. The summed E-state index contributed by atoms with van der Waals surface area (Å²) in [4.78, 5) is 4.18. The zero-order chi connectivity index (χ0) is 11.1. The molecule has 1 aliphatic rings. The van der Waals surface area contributed by atoms with Gasteiger partial charge in [0, 0.05) is 17.2 Å². The van der Waals surface area contributed by atoms with Gasteiger partial charge in [0.2, 0.25) is 0 Å². The summed E-state index contributed by atoms with van der Waals surface area (Å²) in [5, 5.41) is 0. The van der Waals surface area contributed by atoms with Gasteiger partial charge in [-0.15, -0.1) is 0 Å². The maximum atomic E-state index is 6.28. The van der Waals surface area contributed by atoms with Crippen LogP contribution in [0.3, 0.4) is 0 Å². The van der Waals surface area contributed by atoms with E-state index in [1.54, 1.807) is 13.3 Å². The minimum atomic E-state index is -0.0545. The Hall–Kier alpha value is -1.09. The highest BCUT2D eigenvalue weighted by molar-refractivity contribution is 5.35. The van der Waals surface area contributed by atoms with Gasteiger partial charge in [0.15, 0.2) is 0 Å². The summed E-state index contributed by atoms with van der Waals surface area (Å²) in [6.07, 6.45) is 5.79. The van der Waals surface area contributed by atoms with E-state index in [1.165, 1.54) is 0 Å². The Bertz CT molecular complexity index is 370. The fourth-order valence-electron chi connectivity index (χ4n) is 1.92. The monoisotopic (exact) mass is 206 g/mol. The van der Waals surface area contributed by atoms with E-state index in [-0.39, 0.29) is 11.0 Å². The second-order valence-corrected chi connectivity index (χ2v) is 4.89. The third-order valence-corrected chi connectivity index (χ3v) is 3.70. The van der Waals surface area contributed by atoms with Gasteiger partial charge in [-0.25, -0.2) is 0 Å². The summed E-state index contributed by atoms with van der Waals surface area (Å²) in [5.41, 5.74) is 7.35. The van der Waals surface area contributed by atoms with E-state index in [0.717, 1.165) is 24.2 Å². The van der Waals surface area contributed by atoms with E-state index < -0.39 is 0 Å². The minimum absolute atomic E-state index is 0.0332. The minimum Gasteiger partial charge on any atom is -0.495 e. The number of rotatable bonds is 3. The summed E-state index contributed by atoms with van der Waals surface area (Å²) in [5.74, 6) is 0.796. The molecule has 2 rings (SSSR count). The predicted molar refractivity (Wildman–Crippen MR) is 60.0 cm³/mol. The van der Waals surface area contributed by atoms with Crippen LogP contribution in [0.5, 0.6) is 5.75 Å². The van der Waals surface area contributed by atoms with Gasteiger partial charge in [0.25, 0.3) is 0 Å². The molecular formula is C12H18N2O. The fraction of sp³-hybridized carbons (Fsp3) is 0.583. The molecule has 0 aliphatic heterocycles. The molecule has 2 N–H and O–H groups in total. The second-order valence-electron chi connectivity index (χ2n) is 4.89. The van der Waals surface area contributed by atoms with Gasteiger partial charge >= 0.3 is 0 Å². The number of ether oxygens (including phenoxy) is 1. The normalized spacial score (nSPS) is 18.7. The molecule has 3 nitrogen and oxygen atoms in total. The first kappa shape index (κ1) is 10.4. The molecule has 0 aromatic carbocycles. The van der Waals surface area contributed by atoms with Crippen LogP contribution in [-0.2, 0) is 5.41 Å². The van der Waals surface area contributed by atoms with Crippen molar-refractivity contribution >= 4 is 0 Å². The predicted octanol–water partition coefficient (Wildman–Crippen LogP) is 1.86. The highest BCUT2D eigenvalue weighted by Gasteiger charge is 2.52. The molecule has 0 bridgehead atoms. The number of hydrogen-bond donors (Lipinski definition) is 1. The van der Waals surface area contributed by atoms with Crippen LogP contribution in [0.25, 0.3) is 0 Å². The number of methoxy groups -OCH3 is 1. The van der Waals surface area contributed by atoms with E-state index in [1.807, 2.05) is 12.3 Å². The van der Waals surface area contributed by atoms with Gasteiger partial charge in [0.1, 0.15) is 5.75 Å². The fourth-order valence-corrected chi connectivity index (χ4v) is 1.92. The zero-order valence-corrected chi connectivity index (χ0v) is 9.58. The summed E-state index contributed by atoms with van der Waals surface area (Å²) >= 11 is 0. The Kier molecular flexibility index (Phi) is 2.23. The first-order valence-electron chi connectivity index (χ1n) is 5.28. The third-order valence-electron chi connectivity index (χ3n) is 3.70. The average Bonchev–Trinajstić information content (AvgIpc) is 2.98. The molecule has 0 radical (unpaired) electrons. The van der Waals surface area contributed by atoms with Crippen LogP contribution >= 0.6 is 0 Å². The topological polar surface area (TPSA) is 48.1 Å². The van der Waals surface area contributed by atoms with Gasteiger partial charge in [-0.2, -0.15) is 0 Å². The van der Waals surface area contributed by atoms with Crippen LogP contribution in [0, 0.1) is 0 Å². The van der Waals surface area contributed by atoms with Crippen molar-refractivity contribution in [2.45, 2.75) is 37.6 Å². The lowest BCUT2D eigenvalue weighted by Crippen LogP contribution is -2.43. The Morgan fingerprint density at radius 3 is 2.60 bits per heavy atom. The lowest BCUT2D eigenvalue weighted by Gasteiger charge is -2.32. The maximum absolute atomic E-state index is 6.28. The van der Waals surface area contributed by atoms with E-state index in [2.05, 4.69) is 18.8 Å². The van der Waals surface area contributed by atoms with Gasteiger partial charge in [-0.1, -0.05) is 13.8 Å². The van der Waals surface area contributed by atoms with Crippen molar-refractivity contribution in [2.24, 2.45) is 5.73 Å².